The molecule has 13 heavy (non-hydrogen) atoms. The largest absolute Gasteiger partial charge is 0.506 e. The van der Waals surface area contributed by atoms with Crippen molar-refractivity contribution in [1.29, 1.82) is 0 Å². The van der Waals surface area contributed by atoms with Crippen LogP contribution in [0.25, 0.3) is 0 Å². The van der Waals surface area contributed by atoms with Crippen molar-refractivity contribution in [2.45, 2.75) is 6.92 Å². The summed E-state index contributed by atoms with van der Waals surface area (Å²) in [4.78, 5) is 21.0. The fraction of sp³-hybridized carbons (Fsp3) is 0.111. The molecule has 0 bridgehead atoms. The molecule has 0 saturated carbocycles. The van der Waals surface area contributed by atoms with Gasteiger partial charge >= 0.3 is 0 Å². The van der Waals surface area contributed by atoms with Gasteiger partial charge in [-0.3, -0.25) is 9.59 Å². The smallest absolute Gasteiger partial charge is 0.221 e. The first-order valence-corrected chi connectivity index (χ1v) is 3.69. The van der Waals surface area contributed by atoms with E-state index >= 15 is 0 Å². The molecular formula is C9H9NO3. The summed E-state index contributed by atoms with van der Waals surface area (Å²) < 4.78 is 0. The van der Waals surface area contributed by atoms with E-state index in [1.54, 1.807) is 0 Å². The van der Waals surface area contributed by atoms with E-state index in [-0.39, 0.29) is 17.3 Å². The number of carbonyl (C=O) groups is 2. The second-order valence-electron chi connectivity index (χ2n) is 2.58. The topological polar surface area (TPSA) is 66.4 Å². The van der Waals surface area contributed by atoms with Crippen LogP contribution in [0.2, 0.25) is 0 Å². The molecule has 1 aromatic carbocycles. The SMILES string of the molecule is CC(=O)Nc1cc(C=O)ccc1O. The summed E-state index contributed by atoms with van der Waals surface area (Å²) in [5.41, 5.74) is 0.652. The van der Waals surface area contributed by atoms with Gasteiger partial charge < -0.3 is 10.4 Å². The van der Waals surface area contributed by atoms with Crippen LogP contribution in [0, 0.1) is 0 Å². The lowest BCUT2D eigenvalue weighted by Gasteiger charge is -2.04. The third-order valence-electron chi connectivity index (χ3n) is 1.47. The molecule has 68 valence electrons. The van der Waals surface area contributed by atoms with Gasteiger partial charge in [0, 0.05) is 12.5 Å². The minimum atomic E-state index is -0.293. The first kappa shape index (κ1) is 9.25. The third-order valence-corrected chi connectivity index (χ3v) is 1.47. The molecule has 1 rings (SSSR count). The van der Waals surface area contributed by atoms with Gasteiger partial charge in [-0.05, 0) is 18.2 Å². The maximum Gasteiger partial charge on any atom is 0.221 e. The molecule has 0 unspecified atom stereocenters. The Morgan fingerprint density at radius 3 is 2.77 bits per heavy atom. The van der Waals surface area contributed by atoms with Gasteiger partial charge in [-0.25, -0.2) is 0 Å². The summed E-state index contributed by atoms with van der Waals surface area (Å²) >= 11 is 0. The van der Waals surface area contributed by atoms with Crippen LogP contribution < -0.4 is 5.32 Å². The number of hydrogen-bond donors (Lipinski definition) is 2. The number of benzene rings is 1. The zero-order chi connectivity index (χ0) is 9.84. The molecule has 4 heteroatoms. The first-order valence-electron chi connectivity index (χ1n) is 3.69. The lowest BCUT2D eigenvalue weighted by Crippen LogP contribution is -2.06. The number of phenolic OH excluding ortho intramolecular Hbond substituents is 1. The highest BCUT2D eigenvalue weighted by atomic mass is 16.3. The molecule has 0 spiro atoms. The molecule has 0 aromatic heterocycles. The maximum absolute atomic E-state index is 10.7. The van der Waals surface area contributed by atoms with E-state index in [1.807, 2.05) is 0 Å². The zero-order valence-corrected chi connectivity index (χ0v) is 7.07. The predicted molar refractivity (Wildman–Crippen MR) is 47.8 cm³/mol. The Labute approximate surface area is 75.2 Å². The minimum Gasteiger partial charge on any atom is -0.506 e. The van der Waals surface area contributed by atoms with Crippen LogP contribution in [0.5, 0.6) is 5.75 Å². The van der Waals surface area contributed by atoms with Crippen LogP contribution >= 0.6 is 0 Å². The summed E-state index contributed by atoms with van der Waals surface area (Å²) in [5, 5.41) is 11.6. The van der Waals surface area contributed by atoms with E-state index < -0.39 is 0 Å². The van der Waals surface area contributed by atoms with E-state index in [4.69, 9.17) is 0 Å². The zero-order valence-electron chi connectivity index (χ0n) is 7.07. The molecule has 0 heterocycles. The number of aldehydes is 1. The quantitative estimate of drug-likeness (QED) is 0.529. The molecule has 1 aromatic rings. The summed E-state index contributed by atoms with van der Waals surface area (Å²) in [6, 6.07) is 4.23. The van der Waals surface area contributed by atoms with Crippen LogP contribution in [0.3, 0.4) is 0 Å². The summed E-state index contributed by atoms with van der Waals surface area (Å²) in [6.45, 7) is 1.33. The van der Waals surface area contributed by atoms with Crippen molar-refractivity contribution in [2.75, 3.05) is 5.32 Å². The Balaban J connectivity index is 3.03. The van der Waals surface area contributed by atoms with Gasteiger partial charge in [0.1, 0.15) is 12.0 Å². The van der Waals surface area contributed by atoms with Crippen molar-refractivity contribution in [3.63, 3.8) is 0 Å². The van der Waals surface area contributed by atoms with Crippen LogP contribution in [0.4, 0.5) is 5.69 Å². The van der Waals surface area contributed by atoms with E-state index in [1.165, 1.54) is 25.1 Å². The maximum atomic E-state index is 10.7. The Morgan fingerprint density at radius 1 is 1.54 bits per heavy atom. The summed E-state index contributed by atoms with van der Waals surface area (Å²) in [7, 11) is 0. The lowest BCUT2D eigenvalue weighted by molar-refractivity contribution is -0.114. The van der Waals surface area contributed by atoms with Crippen molar-refractivity contribution < 1.29 is 14.7 Å². The highest BCUT2D eigenvalue weighted by molar-refractivity contribution is 5.91. The van der Waals surface area contributed by atoms with Gasteiger partial charge in [0.15, 0.2) is 0 Å². The summed E-state index contributed by atoms with van der Waals surface area (Å²) in [6.07, 6.45) is 0.644. The van der Waals surface area contributed by atoms with Crippen molar-refractivity contribution in [3.05, 3.63) is 23.8 Å². The number of carbonyl (C=O) groups excluding carboxylic acids is 2. The molecule has 0 aliphatic rings. The summed E-state index contributed by atoms with van der Waals surface area (Å²) in [5.74, 6) is -0.348. The highest BCUT2D eigenvalue weighted by Crippen LogP contribution is 2.23. The normalized spacial score (nSPS) is 9.31. The Hall–Kier alpha value is -1.84. The van der Waals surface area contributed by atoms with Gasteiger partial charge in [0.25, 0.3) is 0 Å². The van der Waals surface area contributed by atoms with Gasteiger partial charge in [-0.15, -0.1) is 0 Å². The van der Waals surface area contributed by atoms with Crippen LogP contribution in [-0.2, 0) is 4.79 Å². The minimum absolute atomic E-state index is 0.0548. The van der Waals surface area contributed by atoms with E-state index in [0.29, 0.717) is 11.8 Å². The van der Waals surface area contributed by atoms with E-state index in [0.717, 1.165) is 0 Å². The van der Waals surface area contributed by atoms with Crippen LogP contribution in [0.15, 0.2) is 18.2 Å². The average Bonchev–Trinajstić information content (AvgIpc) is 2.08. The van der Waals surface area contributed by atoms with Crippen molar-refractivity contribution in [3.8, 4) is 5.75 Å². The van der Waals surface area contributed by atoms with Gasteiger partial charge in [-0.1, -0.05) is 0 Å². The molecule has 4 nitrogen and oxygen atoms in total. The van der Waals surface area contributed by atoms with E-state index in [2.05, 4.69) is 5.32 Å². The molecule has 0 saturated heterocycles. The van der Waals surface area contributed by atoms with Crippen LogP contribution in [0.1, 0.15) is 17.3 Å². The van der Waals surface area contributed by atoms with Crippen molar-refractivity contribution in [2.24, 2.45) is 0 Å². The number of anilines is 1. The lowest BCUT2D eigenvalue weighted by atomic mass is 10.2. The molecule has 0 fully saturated rings. The van der Waals surface area contributed by atoms with E-state index in [9.17, 15) is 14.7 Å². The molecule has 0 radical (unpaired) electrons. The standard InChI is InChI=1S/C9H9NO3/c1-6(12)10-8-4-7(5-11)2-3-9(8)13/h2-5,13H,1H3,(H,10,12). The molecule has 0 aliphatic carbocycles. The molecule has 2 N–H and O–H groups in total. The number of rotatable bonds is 2. The van der Waals surface area contributed by atoms with Gasteiger partial charge in [-0.2, -0.15) is 0 Å². The average molecular weight is 179 g/mol. The number of phenols is 1. The monoisotopic (exact) mass is 179 g/mol. The van der Waals surface area contributed by atoms with Gasteiger partial charge in [0.05, 0.1) is 5.69 Å². The number of nitrogens with one attached hydrogen (secondary N) is 1. The fourth-order valence-corrected chi connectivity index (χ4v) is 0.917. The number of aromatic hydroxyl groups is 1. The Kier molecular flexibility index (Phi) is 2.64. The first-order chi connectivity index (χ1) is 6.13. The second kappa shape index (κ2) is 3.71. The van der Waals surface area contributed by atoms with Crippen molar-refractivity contribution >= 4 is 17.9 Å². The van der Waals surface area contributed by atoms with Gasteiger partial charge in [0.2, 0.25) is 5.91 Å². The van der Waals surface area contributed by atoms with Crippen LogP contribution in [-0.4, -0.2) is 17.3 Å². The van der Waals surface area contributed by atoms with Crippen molar-refractivity contribution in [1.82, 2.24) is 0 Å². The molecular weight excluding hydrogens is 170 g/mol. The second-order valence-corrected chi connectivity index (χ2v) is 2.58. The number of hydrogen-bond acceptors (Lipinski definition) is 3. The molecule has 0 aliphatic heterocycles. The third kappa shape index (κ3) is 2.30. The fourth-order valence-electron chi connectivity index (χ4n) is 0.917. The Bertz CT molecular complexity index is 347. The predicted octanol–water partition coefficient (Wildman–Crippen LogP) is 1.16. The molecule has 1 amide bonds. The highest BCUT2D eigenvalue weighted by Gasteiger charge is 2.03. The Morgan fingerprint density at radius 2 is 2.23 bits per heavy atom. The molecule has 0 atom stereocenters. The number of amides is 1.